The average molecular weight is 391 g/mol. The normalized spacial score (nSPS) is 14.8. The lowest BCUT2D eigenvalue weighted by Crippen LogP contribution is -3.14. The van der Waals surface area contributed by atoms with Crippen LogP contribution >= 0.6 is 0 Å². The molecule has 0 saturated carbocycles. The molecule has 0 unspecified atom stereocenters. The first-order chi connectivity index (χ1) is 14.2. The maximum absolute atomic E-state index is 13.5. The van der Waals surface area contributed by atoms with Gasteiger partial charge in [-0.25, -0.2) is 4.68 Å². The first-order valence-electron chi connectivity index (χ1n) is 10.1. The molecule has 1 N–H and O–H groups in total. The molecule has 2 aromatic carbocycles. The van der Waals surface area contributed by atoms with E-state index < -0.39 is 0 Å². The highest BCUT2D eigenvalue weighted by molar-refractivity contribution is 6.00. The second-order valence-corrected chi connectivity index (χ2v) is 7.27. The number of aromatic nitrogens is 2. The summed E-state index contributed by atoms with van der Waals surface area (Å²) in [6.07, 6.45) is 1.85. The number of para-hydroxylation sites is 2. The number of nitrogens with zero attached hydrogens (tertiary/aromatic N) is 3. The van der Waals surface area contributed by atoms with E-state index in [-0.39, 0.29) is 5.91 Å². The molecule has 6 heteroatoms. The summed E-state index contributed by atoms with van der Waals surface area (Å²) < 4.78 is 7.33. The summed E-state index contributed by atoms with van der Waals surface area (Å²) in [5.41, 5.74) is 3.01. The van der Waals surface area contributed by atoms with Crippen molar-refractivity contribution in [3.05, 3.63) is 66.4 Å². The highest BCUT2D eigenvalue weighted by atomic mass is 16.5. The summed E-state index contributed by atoms with van der Waals surface area (Å²) in [6.45, 7) is 6.79. The molecule has 6 nitrogen and oxygen atoms in total. The largest absolute Gasteiger partial charge is 0.496 e. The standard InChI is InChI=1S/C23H26N4O2/c1-3-25-13-15-26(16-14-25)23(28)20-17-27(18-9-5-4-6-10-18)24-22(20)19-11-7-8-12-21(19)29-2/h4-12,17H,3,13-16H2,1-2H3/p+1. The molecule has 29 heavy (non-hydrogen) atoms. The van der Waals surface area contributed by atoms with E-state index in [1.165, 1.54) is 0 Å². The number of quaternary nitrogens is 1. The summed E-state index contributed by atoms with van der Waals surface area (Å²) in [6, 6.07) is 17.6. The Hall–Kier alpha value is -3.12. The van der Waals surface area contributed by atoms with E-state index in [9.17, 15) is 4.79 Å². The highest BCUT2D eigenvalue weighted by Crippen LogP contribution is 2.32. The molecular formula is C23H27N4O2+. The van der Waals surface area contributed by atoms with Crippen LogP contribution in [-0.4, -0.2) is 60.4 Å². The molecule has 1 saturated heterocycles. The minimum Gasteiger partial charge on any atom is -0.496 e. The van der Waals surface area contributed by atoms with Crippen LogP contribution in [0.1, 0.15) is 17.3 Å². The van der Waals surface area contributed by atoms with Crippen LogP contribution in [0.2, 0.25) is 0 Å². The van der Waals surface area contributed by atoms with Gasteiger partial charge in [0.2, 0.25) is 0 Å². The van der Waals surface area contributed by atoms with Crippen molar-refractivity contribution in [1.82, 2.24) is 14.7 Å². The molecule has 1 aliphatic heterocycles. The number of hydrogen-bond donors (Lipinski definition) is 1. The lowest BCUT2D eigenvalue weighted by molar-refractivity contribution is -0.902. The molecule has 0 bridgehead atoms. The van der Waals surface area contributed by atoms with Crippen molar-refractivity contribution in [2.45, 2.75) is 6.92 Å². The van der Waals surface area contributed by atoms with Crippen LogP contribution in [0.3, 0.4) is 0 Å². The van der Waals surface area contributed by atoms with Crippen molar-refractivity contribution < 1.29 is 14.4 Å². The van der Waals surface area contributed by atoms with E-state index in [0.29, 0.717) is 17.0 Å². The number of amides is 1. The van der Waals surface area contributed by atoms with E-state index in [1.807, 2.05) is 65.7 Å². The molecular weight excluding hydrogens is 364 g/mol. The van der Waals surface area contributed by atoms with Crippen molar-refractivity contribution >= 4 is 5.91 Å². The van der Waals surface area contributed by atoms with E-state index in [2.05, 4.69) is 6.92 Å². The van der Waals surface area contributed by atoms with Crippen LogP contribution in [0, 0.1) is 0 Å². The first kappa shape index (κ1) is 19.2. The summed E-state index contributed by atoms with van der Waals surface area (Å²) in [7, 11) is 1.64. The zero-order valence-electron chi connectivity index (χ0n) is 17.0. The number of carbonyl (C=O) groups is 1. The zero-order chi connectivity index (χ0) is 20.2. The molecule has 3 aromatic rings. The quantitative estimate of drug-likeness (QED) is 0.723. The number of methoxy groups -OCH3 is 1. The number of benzene rings is 2. The Morgan fingerprint density at radius 1 is 1.07 bits per heavy atom. The Balaban J connectivity index is 1.75. The van der Waals surface area contributed by atoms with Crippen molar-refractivity contribution in [2.75, 3.05) is 39.8 Å². The SMILES string of the molecule is CC[NH+]1CCN(C(=O)c2cn(-c3ccccc3)nc2-c2ccccc2OC)CC1. The molecule has 1 aliphatic rings. The van der Waals surface area contributed by atoms with Crippen molar-refractivity contribution in [3.8, 4) is 22.7 Å². The van der Waals surface area contributed by atoms with Gasteiger partial charge in [-0.05, 0) is 31.2 Å². The van der Waals surface area contributed by atoms with E-state index in [1.54, 1.807) is 16.7 Å². The van der Waals surface area contributed by atoms with Crippen LogP contribution in [0.15, 0.2) is 60.8 Å². The zero-order valence-corrected chi connectivity index (χ0v) is 17.0. The minimum atomic E-state index is 0.0308. The van der Waals surface area contributed by atoms with Gasteiger partial charge < -0.3 is 14.5 Å². The van der Waals surface area contributed by atoms with Gasteiger partial charge in [0, 0.05) is 11.8 Å². The van der Waals surface area contributed by atoms with Gasteiger partial charge in [-0.15, -0.1) is 0 Å². The lowest BCUT2D eigenvalue weighted by Gasteiger charge is -2.31. The number of hydrogen-bond acceptors (Lipinski definition) is 3. The number of likely N-dealkylation sites (N-methyl/N-ethyl adjacent to an activating group) is 1. The molecule has 1 amide bonds. The topological polar surface area (TPSA) is 51.8 Å². The van der Waals surface area contributed by atoms with Gasteiger partial charge >= 0.3 is 0 Å². The van der Waals surface area contributed by atoms with Gasteiger partial charge in [-0.1, -0.05) is 30.3 Å². The third-order valence-corrected chi connectivity index (χ3v) is 5.59. The van der Waals surface area contributed by atoms with Crippen molar-refractivity contribution in [2.24, 2.45) is 0 Å². The molecule has 4 rings (SSSR count). The van der Waals surface area contributed by atoms with Gasteiger partial charge in [0.05, 0.1) is 51.1 Å². The number of piperazine rings is 1. The van der Waals surface area contributed by atoms with Crippen LogP contribution in [-0.2, 0) is 0 Å². The lowest BCUT2D eigenvalue weighted by atomic mass is 10.1. The fraction of sp³-hybridized carbons (Fsp3) is 0.304. The van der Waals surface area contributed by atoms with E-state index in [4.69, 9.17) is 9.84 Å². The maximum Gasteiger partial charge on any atom is 0.258 e. The van der Waals surface area contributed by atoms with Crippen LogP contribution in [0.25, 0.3) is 16.9 Å². The highest BCUT2D eigenvalue weighted by Gasteiger charge is 2.28. The number of carbonyl (C=O) groups excluding carboxylic acids is 1. The molecule has 2 heterocycles. The molecule has 0 atom stereocenters. The molecule has 0 spiro atoms. The van der Waals surface area contributed by atoms with Crippen LogP contribution < -0.4 is 9.64 Å². The van der Waals surface area contributed by atoms with Gasteiger partial charge in [-0.2, -0.15) is 5.10 Å². The van der Waals surface area contributed by atoms with Crippen molar-refractivity contribution in [1.29, 1.82) is 0 Å². The fourth-order valence-corrected chi connectivity index (χ4v) is 3.83. The van der Waals surface area contributed by atoms with Gasteiger partial charge in [0.1, 0.15) is 11.4 Å². The molecule has 0 aliphatic carbocycles. The molecule has 1 aromatic heterocycles. The van der Waals surface area contributed by atoms with Gasteiger partial charge in [0.15, 0.2) is 0 Å². The predicted octanol–water partition coefficient (Wildman–Crippen LogP) is 1.91. The Kier molecular flexibility index (Phi) is 5.62. The number of rotatable bonds is 5. The monoisotopic (exact) mass is 391 g/mol. The Morgan fingerprint density at radius 2 is 1.76 bits per heavy atom. The Labute approximate surface area is 171 Å². The molecule has 0 radical (unpaired) electrons. The second kappa shape index (κ2) is 8.49. The summed E-state index contributed by atoms with van der Waals surface area (Å²) in [5.74, 6) is 0.739. The first-order valence-corrected chi connectivity index (χ1v) is 10.1. The Bertz CT molecular complexity index is 976. The fourth-order valence-electron chi connectivity index (χ4n) is 3.83. The van der Waals surface area contributed by atoms with E-state index in [0.717, 1.165) is 44.0 Å². The molecule has 1 fully saturated rings. The minimum absolute atomic E-state index is 0.0308. The smallest absolute Gasteiger partial charge is 0.258 e. The summed E-state index contributed by atoms with van der Waals surface area (Å²) in [4.78, 5) is 16.9. The maximum atomic E-state index is 13.5. The number of nitrogens with one attached hydrogen (secondary N) is 1. The van der Waals surface area contributed by atoms with Crippen LogP contribution in [0.5, 0.6) is 5.75 Å². The van der Waals surface area contributed by atoms with Gasteiger partial charge in [0.25, 0.3) is 5.91 Å². The number of ether oxygens (including phenoxy) is 1. The van der Waals surface area contributed by atoms with Crippen molar-refractivity contribution in [3.63, 3.8) is 0 Å². The second-order valence-electron chi connectivity index (χ2n) is 7.27. The third kappa shape index (κ3) is 3.89. The van der Waals surface area contributed by atoms with Gasteiger partial charge in [-0.3, -0.25) is 4.79 Å². The van der Waals surface area contributed by atoms with Crippen LogP contribution in [0.4, 0.5) is 0 Å². The third-order valence-electron chi connectivity index (χ3n) is 5.59. The average Bonchev–Trinajstić information content (AvgIpc) is 3.24. The summed E-state index contributed by atoms with van der Waals surface area (Å²) in [5, 5.41) is 4.79. The summed E-state index contributed by atoms with van der Waals surface area (Å²) >= 11 is 0. The Morgan fingerprint density at radius 3 is 2.45 bits per heavy atom. The predicted molar refractivity (Wildman–Crippen MR) is 113 cm³/mol. The molecule has 150 valence electrons. The van der Waals surface area contributed by atoms with E-state index >= 15 is 0 Å².